The predicted octanol–water partition coefficient (Wildman–Crippen LogP) is -3.11. The average molecular weight is 505 g/mol. The summed E-state index contributed by atoms with van der Waals surface area (Å²) in [6, 6.07) is 14.9. The molecule has 2 aromatic carbocycles. The first-order chi connectivity index (χ1) is 13.1. The van der Waals surface area contributed by atoms with Crippen LogP contribution in [0.25, 0.3) is 0 Å². The fraction of sp³-hybridized carbons (Fsp3) is 0.368. The third-order valence-electron chi connectivity index (χ3n) is 4.21. The molecule has 0 radical (unpaired) electrons. The van der Waals surface area contributed by atoms with Crippen molar-refractivity contribution in [3.63, 3.8) is 0 Å². The Hall–Kier alpha value is 1.57. The largest absolute Gasteiger partial charge is 1.00 e. The van der Waals surface area contributed by atoms with E-state index in [1.807, 2.05) is 24.3 Å². The van der Waals surface area contributed by atoms with Crippen molar-refractivity contribution in [2.24, 2.45) is 0 Å². The summed E-state index contributed by atoms with van der Waals surface area (Å²) in [6.07, 6.45) is 2.04. The van der Waals surface area contributed by atoms with Crippen LogP contribution < -0.4 is 117 Å². The smallest absolute Gasteiger partial charge is 0.810 e. The van der Waals surface area contributed by atoms with Crippen LogP contribution >= 0.6 is 7.60 Å². The number of aryl methyl sites for hydroxylation is 2. The van der Waals surface area contributed by atoms with Crippen molar-refractivity contribution in [3.05, 3.63) is 59.7 Å². The third kappa shape index (κ3) is 11.1. The van der Waals surface area contributed by atoms with Crippen LogP contribution in [0.2, 0.25) is 0 Å². The Kier molecular flexibility index (Phi) is 15.5. The molecule has 0 spiro atoms. The van der Waals surface area contributed by atoms with Crippen LogP contribution in [-0.4, -0.2) is 18.0 Å². The van der Waals surface area contributed by atoms with Gasteiger partial charge in [-0.1, -0.05) is 37.6 Å². The predicted molar refractivity (Wildman–Crippen MR) is 103 cm³/mol. The first-order valence-electron chi connectivity index (χ1n) is 8.93. The van der Waals surface area contributed by atoms with Gasteiger partial charge in [0.25, 0.3) is 10.1 Å². The normalized spacial score (nSPS) is 12.4. The fourth-order valence-electron chi connectivity index (χ4n) is 2.86. The van der Waals surface area contributed by atoms with E-state index < -0.39 is 29.1 Å². The second kappa shape index (κ2) is 14.8. The van der Waals surface area contributed by atoms with Gasteiger partial charge in [0, 0.05) is 0 Å². The Bertz CT molecular complexity index is 930. The molecule has 30 heavy (non-hydrogen) atoms. The molecule has 0 saturated heterocycles. The van der Waals surface area contributed by atoms with Gasteiger partial charge in [-0.2, -0.15) is 8.42 Å². The quantitative estimate of drug-likeness (QED) is 0.206. The maximum absolute atomic E-state index is 11.1. The molecular weight excluding hydrogens is 481 g/mol. The van der Waals surface area contributed by atoms with Crippen LogP contribution in [0, 0.1) is 0 Å². The second-order valence-corrected chi connectivity index (χ2v) is 10.2. The van der Waals surface area contributed by atoms with Crippen LogP contribution in [0.1, 0.15) is 37.3 Å². The molecule has 0 saturated carbocycles. The van der Waals surface area contributed by atoms with Gasteiger partial charge in [0.1, 0.15) is 16.5 Å². The fourth-order valence-corrected chi connectivity index (χ4v) is 5.13. The molecule has 1 atom stereocenters. The number of ether oxygens (including phenoxy) is 1. The molecule has 1 unspecified atom stereocenters. The minimum atomic E-state index is -5.45. The molecular formula is C19H23K2O7PS. The maximum atomic E-state index is 11.1. The van der Waals surface area contributed by atoms with Gasteiger partial charge >= 0.3 is 103 Å². The Morgan fingerprint density at radius 1 is 1.00 bits per heavy atom. The van der Waals surface area contributed by atoms with Crippen LogP contribution in [-0.2, 0) is 27.5 Å². The first kappa shape index (κ1) is 31.6. The summed E-state index contributed by atoms with van der Waals surface area (Å²) in [6.45, 7) is 2.11. The van der Waals surface area contributed by atoms with Gasteiger partial charge in [-0.3, -0.25) is 4.55 Å². The first-order valence-corrected chi connectivity index (χ1v) is 12.0. The molecule has 0 fully saturated rings. The molecule has 2 rings (SSSR count). The van der Waals surface area contributed by atoms with E-state index in [4.69, 9.17) is 9.29 Å². The molecule has 1 N–H and O–H groups in total. The summed E-state index contributed by atoms with van der Waals surface area (Å²) in [4.78, 5) is 19.8. The van der Waals surface area contributed by atoms with Gasteiger partial charge in [0.15, 0.2) is 0 Å². The molecule has 0 bridgehead atoms. The molecule has 0 amide bonds. The van der Waals surface area contributed by atoms with Gasteiger partial charge in [-0.15, -0.1) is 0 Å². The number of hydrogen-bond donors (Lipinski definition) is 1. The maximum Gasteiger partial charge on any atom is 1.00 e. The summed E-state index contributed by atoms with van der Waals surface area (Å²) in [5.41, 5.74) is 2.02. The van der Waals surface area contributed by atoms with Crippen molar-refractivity contribution in [1.82, 2.24) is 0 Å². The zero-order chi connectivity index (χ0) is 20.8. The van der Waals surface area contributed by atoms with Gasteiger partial charge in [0.05, 0.1) is 0 Å². The Labute approximate surface area is 263 Å². The van der Waals surface area contributed by atoms with Gasteiger partial charge in [-0.05, 0) is 68.7 Å². The molecule has 154 valence electrons. The summed E-state index contributed by atoms with van der Waals surface area (Å²) < 4.78 is 48.0. The minimum Gasteiger partial charge on any atom is -0.810 e. The van der Waals surface area contributed by atoms with Gasteiger partial charge in [0.2, 0.25) is 0 Å². The van der Waals surface area contributed by atoms with E-state index in [2.05, 4.69) is 6.92 Å². The average Bonchev–Trinajstić information content (AvgIpc) is 2.59. The van der Waals surface area contributed by atoms with E-state index in [0.717, 1.165) is 18.4 Å². The Balaban J connectivity index is 0.00000420. The SMILES string of the molecule is CCCc1ccc(Oc2cccc(CCCC(P(=O)([O-])[O-])S(=O)(=O)O)c2)cc1.[K+].[K+]. The van der Waals surface area contributed by atoms with Crippen LogP contribution in [0.4, 0.5) is 0 Å². The molecule has 2 aromatic rings. The Morgan fingerprint density at radius 2 is 1.63 bits per heavy atom. The van der Waals surface area contributed by atoms with Crippen molar-refractivity contribution >= 4 is 17.7 Å². The summed E-state index contributed by atoms with van der Waals surface area (Å²) in [5, 5.41) is 0. The van der Waals surface area contributed by atoms with E-state index in [9.17, 15) is 22.8 Å². The molecule has 11 heteroatoms. The van der Waals surface area contributed by atoms with E-state index in [0.29, 0.717) is 17.9 Å². The third-order valence-corrected chi connectivity index (χ3v) is 7.67. The van der Waals surface area contributed by atoms with Crippen molar-refractivity contribution in [2.45, 2.75) is 44.0 Å². The summed E-state index contributed by atoms with van der Waals surface area (Å²) in [7, 11) is -10.4. The van der Waals surface area contributed by atoms with Crippen molar-refractivity contribution in [3.8, 4) is 11.5 Å². The van der Waals surface area contributed by atoms with Crippen molar-refractivity contribution < 1.29 is 135 Å². The minimum absolute atomic E-state index is 0. The van der Waals surface area contributed by atoms with Crippen molar-refractivity contribution in [2.75, 3.05) is 0 Å². The van der Waals surface area contributed by atoms with Crippen molar-refractivity contribution in [1.29, 1.82) is 0 Å². The molecule has 7 nitrogen and oxygen atoms in total. The molecule has 0 heterocycles. The standard InChI is InChI=1S/C19H25O7PS.2K/c1-2-5-15-10-12-17(13-11-15)26-18-8-3-6-16(14-18)7-4-9-19(27(20,21)22)28(23,24)25;;/h3,6,8,10-14,19H,2,4-5,7,9H2,1H3,(H2,20,21,22)(H,23,24,25);;/q;2*+1/p-2. The second-order valence-electron chi connectivity index (χ2n) is 6.55. The number of hydrogen-bond acceptors (Lipinski definition) is 6. The molecule has 0 aliphatic rings. The molecule has 0 aliphatic carbocycles. The van der Waals surface area contributed by atoms with E-state index >= 15 is 0 Å². The van der Waals surface area contributed by atoms with Gasteiger partial charge in [-0.25, -0.2) is 0 Å². The summed E-state index contributed by atoms with van der Waals surface area (Å²) in [5.74, 6) is 1.27. The number of rotatable bonds is 10. The van der Waals surface area contributed by atoms with E-state index in [1.54, 1.807) is 24.3 Å². The van der Waals surface area contributed by atoms with E-state index in [-0.39, 0.29) is 109 Å². The van der Waals surface area contributed by atoms with Crippen LogP contribution in [0.3, 0.4) is 0 Å². The van der Waals surface area contributed by atoms with E-state index in [1.165, 1.54) is 5.56 Å². The summed E-state index contributed by atoms with van der Waals surface area (Å²) >= 11 is 0. The Morgan fingerprint density at radius 3 is 2.17 bits per heavy atom. The van der Waals surface area contributed by atoms with Crippen LogP contribution in [0.5, 0.6) is 11.5 Å². The molecule has 0 aliphatic heterocycles. The zero-order valence-corrected chi connectivity index (χ0v) is 25.4. The monoisotopic (exact) mass is 504 g/mol. The van der Waals surface area contributed by atoms with Crippen LogP contribution in [0.15, 0.2) is 48.5 Å². The topological polar surface area (TPSA) is 127 Å². The van der Waals surface area contributed by atoms with Gasteiger partial charge < -0.3 is 19.1 Å². The molecule has 0 aromatic heterocycles. The number of benzene rings is 2. The zero-order valence-electron chi connectivity index (χ0n) is 17.5.